The summed E-state index contributed by atoms with van der Waals surface area (Å²) in [6, 6.07) is 0. The van der Waals surface area contributed by atoms with Crippen LogP contribution in [0, 0.1) is 36.5 Å². The SMILES string of the molecule is CC(=O)OC1C(C)C(O)/C=C\OC2(C)Oc3c(C)c(O)c4c(O)c(c5c(c4c3C2=O)=NC2(CCN(CC(C)C)CC2)N=5)NC(=O)/C(C)=C/C=C\C(C)C(O)C(C)C(O)C1C. The summed E-state index contributed by atoms with van der Waals surface area (Å²) in [6.45, 7) is 19.0. The number of likely N-dealkylation sites (tertiary alicyclic amines) is 1. The summed E-state index contributed by atoms with van der Waals surface area (Å²) in [7, 11) is 0. The number of nitrogens with one attached hydrogen (secondary N) is 1. The van der Waals surface area contributed by atoms with Gasteiger partial charge in [0, 0.05) is 86.5 Å². The van der Waals surface area contributed by atoms with E-state index in [9.17, 15) is 39.9 Å². The van der Waals surface area contributed by atoms with Crippen LogP contribution in [-0.4, -0.2) is 104 Å². The van der Waals surface area contributed by atoms with Gasteiger partial charge in [0.15, 0.2) is 11.4 Å². The summed E-state index contributed by atoms with van der Waals surface area (Å²) < 4.78 is 17.8. The van der Waals surface area contributed by atoms with Crippen molar-refractivity contribution in [3.63, 3.8) is 0 Å². The molecule has 2 aromatic rings. The van der Waals surface area contributed by atoms with Gasteiger partial charge in [-0.1, -0.05) is 59.8 Å². The van der Waals surface area contributed by atoms with E-state index in [1.807, 2.05) is 0 Å². The fourth-order valence-corrected chi connectivity index (χ4v) is 8.92. The van der Waals surface area contributed by atoms with Gasteiger partial charge in [-0.15, -0.1) is 0 Å². The third-order valence-corrected chi connectivity index (χ3v) is 12.6. The molecule has 0 aromatic heterocycles. The number of phenolic OH excluding ortho intramolecular Hbond substituents is 2. The van der Waals surface area contributed by atoms with Crippen molar-refractivity contribution >= 4 is 34.1 Å². The van der Waals surface area contributed by atoms with Crippen LogP contribution in [0.3, 0.4) is 0 Å². The molecule has 1 fully saturated rings. The van der Waals surface area contributed by atoms with E-state index in [-0.39, 0.29) is 49.6 Å². The number of aromatic hydroxyl groups is 2. The van der Waals surface area contributed by atoms with E-state index < -0.39 is 88.7 Å². The lowest BCUT2D eigenvalue weighted by molar-refractivity contribution is -0.159. The number of nitrogens with zero attached hydrogens (tertiary/aromatic N) is 3. The molecule has 4 aliphatic heterocycles. The topological polar surface area (TPSA) is 220 Å². The third kappa shape index (κ3) is 8.16. The molecule has 6 rings (SSSR count). The second kappa shape index (κ2) is 16.9. The van der Waals surface area contributed by atoms with Gasteiger partial charge in [-0.05, 0) is 25.8 Å². The molecule has 4 aliphatic rings. The molecule has 9 unspecified atom stereocenters. The molecule has 1 spiro atoms. The number of esters is 1. The summed E-state index contributed by atoms with van der Waals surface area (Å²) in [6.07, 6.45) is 3.75. The Balaban J connectivity index is 1.53. The Hall–Kier alpha value is -4.83. The molecule has 60 heavy (non-hydrogen) atoms. The zero-order valence-corrected chi connectivity index (χ0v) is 36.1. The van der Waals surface area contributed by atoms with Crippen molar-refractivity contribution in [1.82, 2.24) is 4.90 Å². The van der Waals surface area contributed by atoms with Crippen molar-refractivity contribution in [2.24, 2.45) is 39.6 Å². The van der Waals surface area contributed by atoms with E-state index in [0.717, 1.165) is 12.8 Å². The number of fused-ring (bicyclic) bond motifs is 1. The lowest BCUT2D eigenvalue weighted by atomic mass is 9.78. The molecule has 15 nitrogen and oxygen atoms in total. The van der Waals surface area contributed by atoms with Crippen LogP contribution in [0.15, 0.2) is 46.1 Å². The maximum absolute atomic E-state index is 14.6. The van der Waals surface area contributed by atoms with Crippen molar-refractivity contribution in [1.29, 1.82) is 0 Å². The molecule has 0 radical (unpaired) electrons. The van der Waals surface area contributed by atoms with Gasteiger partial charge < -0.3 is 50.0 Å². The Bertz CT molecular complexity index is 2280. The van der Waals surface area contributed by atoms with Crippen molar-refractivity contribution in [3.8, 4) is 17.2 Å². The number of carbonyl (C=O) groups is 3. The Morgan fingerprint density at radius 2 is 1.60 bits per heavy atom. The summed E-state index contributed by atoms with van der Waals surface area (Å²) in [5.41, 5.74) is -0.676. The Kier molecular flexibility index (Phi) is 12.6. The number of hydrogen-bond acceptors (Lipinski definition) is 14. The number of Topliss-reactive ketones (excluding diaryl/α,β-unsaturated/α-hetero) is 1. The Morgan fingerprint density at radius 1 is 0.950 bits per heavy atom. The van der Waals surface area contributed by atoms with Gasteiger partial charge in [0.1, 0.15) is 28.6 Å². The maximum atomic E-state index is 14.6. The number of piperidine rings is 1. The van der Waals surface area contributed by atoms with Crippen LogP contribution < -0.4 is 20.8 Å². The first-order valence-corrected chi connectivity index (χ1v) is 20.8. The number of ketones is 1. The van der Waals surface area contributed by atoms with Crippen LogP contribution in [0.1, 0.15) is 91.1 Å². The molecule has 9 atom stereocenters. The average Bonchev–Trinajstić information content (AvgIpc) is 3.69. The maximum Gasteiger partial charge on any atom is 0.312 e. The minimum atomic E-state index is -2.01. The lowest BCUT2D eigenvalue weighted by Crippen LogP contribution is -2.46. The Labute approximate surface area is 350 Å². The molecular formula is C45H60N4O11. The van der Waals surface area contributed by atoms with Gasteiger partial charge in [0.05, 0.1) is 40.9 Å². The number of aliphatic hydroxyl groups is 3. The molecule has 4 bridgehead atoms. The molecule has 0 aliphatic carbocycles. The van der Waals surface area contributed by atoms with E-state index in [1.54, 1.807) is 52.8 Å². The molecule has 6 N–H and O–H groups in total. The van der Waals surface area contributed by atoms with Crippen molar-refractivity contribution in [3.05, 3.63) is 58.0 Å². The fraction of sp³-hybridized carbons (Fsp3) is 0.578. The van der Waals surface area contributed by atoms with Gasteiger partial charge in [0.2, 0.25) is 0 Å². The number of phenols is 2. The van der Waals surface area contributed by atoms with Crippen molar-refractivity contribution in [2.75, 3.05) is 25.0 Å². The second-order valence-corrected chi connectivity index (χ2v) is 17.7. The van der Waals surface area contributed by atoms with E-state index in [4.69, 9.17) is 24.2 Å². The largest absolute Gasteiger partial charge is 0.507 e. The van der Waals surface area contributed by atoms with Crippen LogP contribution in [0.2, 0.25) is 0 Å². The highest BCUT2D eigenvalue weighted by atomic mass is 16.7. The number of carbonyl (C=O) groups excluding carboxylic acids is 3. The number of anilines is 1. The smallest absolute Gasteiger partial charge is 0.312 e. The first kappa shape index (κ1) is 44.7. The van der Waals surface area contributed by atoms with Crippen LogP contribution in [0.5, 0.6) is 17.2 Å². The number of ether oxygens (including phenoxy) is 3. The molecule has 4 heterocycles. The first-order chi connectivity index (χ1) is 28.1. The Morgan fingerprint density at radius 3 is 2.23 bits per heavy atom. The lowest BCUT2D eigenvalue weighted by Gasteiger charge is -2.37. The van der Waals surface area contributed by atoms with Crippen LogP contribution in [0.25, 0.3) is 10.8 Å². The number of benzene rings is 2. The van der Waals surface area contributed by atoms with Crippen LogP contribution in [0.4, 0.5) is 5.69 Å². The van der Waals surface area contributed by atoms with E-state index in [1.165, 1.54) is 26.8 Å². The van der Waals surface area contributed by atoms with Crippen LogP contribution >= 0.6 is 0 Å². The number of amides is 1. The highest BCUT2D eigenvalue weighted by molar-refractivity contribution is 6.19. The highest BCUT2D eigenvalue weighted by Crippen LogP contribution is 2.50. The minimum Gasteiger partial charge on any atom is -0.507 e. The zero-order chi connectivity index (χ0) is 44.2. The normalized spacial score (nSPS) is 33.0. The molecule has 1 saturated heterocycles. The second-order valence-electron chi connectivity index (χ2n) is 17.7. The average molecular weight is 833 g/mol. The van der Waals surface area contributed by atoms with Gasteiger partial charge in [-0.2, -0.15) is 0 Å². The summed E-state index contributed by atoms with van der Waals surface area (Å²) in [5, 5.41) is 61.1. The number of hydrogen-bond donors (Lipinski definition) is 6. The monoisotopic (exact) mass is 832 g/mol. The molecule has 326 valence electrons. The molecule has 15 heteroatoms. The van der Waals surface area contributed by atoms with Crippen molar-refractivity contribution < 1.29 is 54.1 Å². The van der Waals surface area contributed by atoms with Gasteiger partial charge >= 0.3 is 11.8 Å². The quantitative estimate of drug-likeness (QED) is 0.190. The van der Waals surface area contributed by atoms with E-state index >= 15 is 0 Å². The predicted octanol–water partition coefficient (Wildman–Crippen LogP) is 4.10. The third-order valence-electron chi connectivity index (χ3n) is 12.6. The number of aliphatic hydroxyl groups excluding tert-OH is 3. The molecular weight excluding hydrogens is 773 g/mol. The summed E-state index contributed by atoms with van der Waals surface area (Å²) in [5.74, 6) is -7.08. The summed E-state index contributed by atoms with van der Waals surface area (Å²) in [4.78, 5) is 53.3. The minimum absolute atomic E-state index is 0.00150. The number of rotatable bonds is 3. The van der Waals surface area contributed by atoms with Gasteiger partial charge in [0.25, 0.3) is 11.7 Å². The predicted molar refractivity (Wildman–Crippen MR) is 223 cm³/mol. The standard InChI is InChI=1S/C45H60N4O11/c1-21(2)20-49-17-15-45(16-18-49)47-33-30-31-38(54)27(8)41-32(30)42(56)44(10,60-41)58-19-14-29(51)24(5)40(59-28(9)50)26(7)37(53)25(6)36(52)22(3)12-11-13-23(4)43(57)46-35(39(31)55)34(33)48-45/h11-14,19,21-22,24-26,29,36-37,40,51-55H,15-18,20H2,1-10H3,(H,46,57)/b12-11-,19-14-,23-13+. The molecule has 1 amide bonds. The van der Waals surface area contributed by atoms with Crippen molar-refractivity contribution in [2.45, 2.75) is 118 Å². The highest BCUT2D eigenvalue weighted by Gasteiger charge is 2.50. The first-order valence-electron chi connectivity index (χ1n) is 20.8. The zero-order valence-electron chi connectivity index (χ0n) is 36.1. The van der Waals surface area contributed by atoms with E-state index in [2.05, 4.69) is 24.1 Å². The molecule has 0 saturated carbocycles. The molecule has 2 aromatic carbocycles. The fourth-order valence-electron chi connectivity index (χ4n) is 8.92. The summed E-state index contributed by atoms with van der Waals surface area (Å²) >= 11 is 0. The van der Waals surface area contributed by atoms with E-state index in [0.29, 0.717) is 31.8 Å². The van der Waals surface area contributed by atoms with Gasteiger partial charge in [-0.3, -0.25) is 24.4 Å². The van der Waals surface area contributed by atoms with Crippen LogP contribution in [-0.2, 0) is 19.1 Å². The number of allylic oxidation sites excluding steroid dienone is 2. The van der Waals surface area contributed by atoms with Gasteiger partial charge in [-0.25, -0.2) is 0 Å².